The number of benzene rings is 1. The highest BCUT2D eigenvalue weighted by Crippen LogP contribution is 2.26. The normalized spacial score (nSPS) is 17.1. The highest BCUT2D eigenvalue weighted by molar-refractivity contribution is 7.99. The van der Waals surface area contributed by atoms with Crippen LogP contribution in [0.2, 0.25) is 0 Å². The van der Waals surface area contributed by atoms with Gasteiger partial charge in [0.25, 0.3) is 11.1 Å². The van der Waals surface area contributed by atoms with Gasteiger partial charge in [-0.3, -0.25) is 4.79 Å². The Bertz CT molecular complexity index is 802. The van der Waals surface area contributed by atoms with Gasteiger partial charge in [0, 0.05) is 6.04 Å². The van der Waals surface area contributed by atoms with Gasteiger partial charge in [-0.05, 0) is 61.8 Å². The van der Waals surface area contributed by atoms with Crippen molar-refractivity contribution in [1.82, 2.24) is 15.5 Å². The van der Waals surface area contributed by atoms with Crippen LogP contribution in [0.1, 0.15) is 62.0 Å². The van der Waals surface area contributed by atoms with Gasteiger partial charge in [-0.25, -0.2) is 0 Å². The molecule has 1 amide bonds. The molecular weight excluding hydrogens is 374 g/mol. The summed E-state index contributed by atoms with van der Waals surface area (Å²) in [7, 11) is 0. The van der Waals surface area contributed by atoms with Crippen LogP contribution in [-0.4, -0.2) is 27.9 Å². The molecule has 0 aliphatic heterocycles. The van der Waals surface area contributed by atoms with Crippen LogP contribution in [0.15, 0.2) is 27.8 Å². The molecule has 0 bridgehead atoms. The number of hydrogen-bond donors (Lipinski definition) is 1. The Morgan fingerprint density at radius 1 is 1.11 bits per heavy atom. The van der Waals surface area contributed by atoms with Gasteiger partial charge in [-0.15, -0.1) is 10.2 Å². The van der Waals surface area contributed by atoms with E-state index in [1.807, 2.05) is 6.07 Å². The minimum Gasteiger partial charge on any atom is -0.484 e. The first-order valence-electron chi connectivity index (χ1n) is 10.3. The zero-order chi connectivity index (χ0) is 19.2. The van der Waals surface area contributed by atoms with E-state index in [2.05, 4.69) is 27.6 Å². The van der Waals surface area contributed by atoms with Crippen LogP contribution in [-0.2, 0) is 24.2 Å². The summed E-state index contributed by atoms with van der Waals surface area (Å²) in [5.41, 5.74) is 2.82. The van der Waals surface area contributed by atoms with Crippen LogP contribution in [0.3, 0.4) is 0 Å². The molecule has 1 saturated carbocycles. The third-order valence-electron chi connectivity index (χ3n) is 5.43. The van der Waals surface area contributed by atoms with Gasteiger partial charge < -0.3 is 14.5 Å². The number of rotatable bonds is 7. The molecule has 0 radical (unpaired) electrons. The fourth-order valence-electron chi connectivity index (χ4n) is 3.94. The fourth-order valence-corrected chi connectivity index (χ4v) is 4.53. The second-order valence-electron chi connectivity index (χ2n) is 7.58. The zero-order valence-corrected chi connectivity index (χ0v) is 16.9. The number of fused-ring (bicyclic) bond motifs is 1. The van der Waals surface area contributed by atoms with Gasteiger partial charge in [0.15, 0.2) is 6.61 Å². The van der Waals surface area contributed by atoms with Gasteiger partial charge in [-0.1, -0.05) is 37.1 Å². The second-order valence-corrected chi connectivity index (χ2v) is 8.51. The number of carbonyl (C=O) groups is 1. The smallest absolute Gasteiger partial charge is 0.277 e. The molecule has 2 aliphatic rings. The maximum atomic E-state index is 12.1. The van der Waals surface area contributed by atoms with Gasteiger partial charge in [0.05, 0.1) is 5.75 Å². The first-order valence-corrected chi connectivity index (χ1v) is 11.2. The van der Waals surface area contributed by atoms with E-state index in [4.69, 9.17) is 9.15 Å². The van der Waals surface area contributed by atoms with E-state index < -0.39 is 0 Å². The molecule has 1 fully saturated rings. The van der Waals surface area contributed by atoms with E-state index in [0.29, 0.717) is 22.9 Å². The van der Waals surface area contributed by atoms with E-state index in [1.165, 1.54) is 55.0 Å². The van der Waals surface area contributed by atoms with Crippen molar-refractivity contribution >= 4 is 17.7 Å². The topological polar surface area (TPSA) is 77.2 Å². The predicted molar refractivity (Wildman–Crippen MR) is 107 cm³/mol. The number of aryl methyl sites for hydroxylation is 2. The number of aromatic nitrogens is 2. The van der Waals surface area contributed by atoms with E-state index >= 15 is 0 Å². The average Bonchev–Trinajstić information content (AvgIpc) is 3.19. The molecule has 2 aromatic rings. The molecule has 0 saturated heterocycles. The van der Waals surface area contributed by atoms with Crippen molar-refractivity contribution < 1.29 is 13.9 Å². The van der Waals surface area contributed by atoms with Crippen molar-refractivity contribution in [1.29, 1.82) is 0 Å². The maximum Gasteiger partial charge on any atom is 0.277 e. The van der Waals surface area contributed by atoms with Crippen molar-refractivity contribution in [2.24, 2.45) is 0 Å². The Hall–Kier alpha value is -2.02. The van der Waals surface area contributed by atoms with Gasteiger partial charge in [0.1, 0.15) is 5.75 Å². The molecule has 6 nitrogen and oxygen atoms in total. The summed E-state index contributed by atoms with van der Waals surface area (Å²) in [6.45, 7) is 0.237. The van der Waals surface area contributed by atoms with Crippen LogP contribution in [0.25, 0.3) is 0 Å². The molecule has 4 rings (SSSR count). The van der Waals surface area contributed by atoms with Gasteiger partial charge >= 0.3 is 0 Å². The summed E-state index contributed by atoms with van der Waals surface area (Å²) in [5.74, 6) is 1.58. The molecule has 1 heterocycles. The third-order valence-corrected chi connectivity index (χ3v) is 6.25. The third kappa shape index (κ3) is 5.28. The first kappa shape index (κ1) is 19.3. The molecule has 150 valence electrons. The van der Waals surface area contributed by atoms with E-state index in [1.54, 1.807) is 0 Å². The molecule has 0 spiro atoms. The van der Waals surface area contributed by atoms with Crippen LogP contribution < -0.4 is 10.1 Å². The Labute approximate surface area is 169 Å². The maximum absolute atomic E-state index is 12.1. The lowest BCUT2D eigenvalue weighted by Gasteiger charge is -2.22. The Kier molecular flexibility index (Phi) is 6.52. The number of nitrogens with zero attached hydrogens (tertiary/aromatic N) is 2. The summed E-state index contributed by atoms with van der Waals surface area (Å²) in [6, 6.07) is 6.61. The van der Waals surface area contributed by atoms with Crippen molar-refractivity contribution in [2.45, 2.75) is 75.7 Å². The lowest BCUT2D eigenvalue weighted by molar-refractivity contribution is -0.119. The van der Waals surface area contributed by atoms with Crippen molar-refractivity contribution in [3.63, 3.8) is 0 Å². The van der Waals surface area contributed by atoms with Crippen LogP contribution in [0, 0.1) is 0 Å². The lowest BCUT2D eigenvalue weighted by atomic mass is 9.92. The zero-order valence-electron chi connectivity index (χ0n) is 16.1. The monoisotopic (exact) mass is 401 g/mol. The summed E-state index contributed by atoms with van der Waals surface area (Å²) >= 11 is 1.27. The summed E-state index contributed by atoms with van der Waals surface area (Å²) in [6.07, 6.45) is 10.7. The van der Waals surface area contributed by atoms with Crippen LogP contribution >= 0.6 is 11.8 Å². The van der Waals surface area contributed by atoms with Crippen molar-refractivity contribution in [3.8, 4) is 5.75 Å². The molecule has 1 N–H and O–H groups in total. The van der Waals surface area contributed by atoms with E-state index in [-0.39, 0.29) is 12.5 Å². The molecule has 2 aliphatic carbocycles. The molecule has 7 heteroatoms. The van der Waals surface area contributed by atoms with Gasteiger partial charge in [-0.2, -0.15) is 0 Å². The number of amides is 1. The lowest BCUT2D eigenvalue weighted by Crippen LogP contribution is -2.37. The fraction of sp³-hybridized carbons (Fsp3) is 0.571. The van der Waals surface area contributed by atoms with E-state index in [0.717, 1.165) is 31.4 Å². The number of nitrogens with one attached hydrogen (secondary N) is 1. The highest BCUT2D eigenvalue weighted by atomic mass is 32.2. The number of hydrogen-bond acceptors (Lipinski definition) is 6. The molecule has 1 aromatic carbocycles. The minimum absolute atomic E-state index is 0.0296. The molecular formula is C21H27N3O3S. The minimum atomic E-state index is 0.0296. The largest absolute Gasteiger partial charge is 0.484 e. The van der Waals surface area contributed by atoms with Crippen molar-refractivity contribution in [3.05, 3.63) is 35.2 Å². The highest BCUT2D eigenvalue weighted by Gasteiger charge is 2.17. The SMILES string of the molecule is O=C(CSc1nnc(COc2ccc3c(c2)CCCC3)o1)NC1CCCCC1. The molecule has 1 aromatic heterocycles. The quantitative estimate of drug-likeness (QED) is 0.705. The number of carbonyl (C=O) groups excluding carboxylic acids is 1. The van der Waals surface area contributed by atoms with E-state index in [9.17, 15) is 4.79 Å². The second kappa shape index (κ2) is 9.45. The summed E-state index contributed by atoms with van der Waals surface area (Å²) in [5, 5.41) is 11.5. The predicted octanol–water partition coefficient (Wildman–Crippen LogP) is 4.07. The molecule has 0 atom stereocenters. The van der Waals surface area contributed by atoms with Gasteiger partial charge in [0.2, 0.25) is 5.91 Å². The molecule has 0 unspecified atom stereocenters. The van der Waals surface area contributed by atoms with Crippen molar-refractivity contribution in [2.75, 3.05) is 5.75 Å². The Balaban J connectivity index is 1.22. The summed E-state index contributed by atoms with van der Waals surface area (Å²) < 4.78 is 11.4. The summed E-state index contributed by atoms with van der Waals surface area (Å²) in [4.78, 5) is 12.1. The Morgan fingerprint density at radius 3 is 2.79 bits per heavy atom. The standard InChI is InChI=1S/C21H27N3O3S/c25-19(22-17-8-2-1-3-9-17)14-28-21-24-23-20(27-21)13-26-18-11-10-15-6-4-5-7-16(15)12-18/h10-12,17H,1-9,13-14H2,(H,22,25). The number of ether oxygens (including phenoxy) is 1. The average molecular weight is 402 g/mol. The number of thioether (sulfide) groups is 1. The first-order chi connectivity index (χ1) is 13.8. The Morgan fingerprint density at radius 2 is 1.93 bits per heavy atom. The molecule has 28 heavy (non-hydrogen) atoms. The van der Waals surface area contributed by atoms with Crippen LogP contribution in [0.5, 0.6) is 5.75 Å². The van der Waals surface area contributed by atoms with Crippen LogP contribution in [0.4, 0.5) is 0 Å².